The third kappa shape index (κ3) is 6.08. The minimum Gasteiger partial charge on any atom is -0.494 e. The third-order valence-electron chi connectivity index (χ3n) is 3.03. The lowest BCUT2D eigenvalue weighted by Gasteiger charge is -2.17. The van der Waals surface area contributed by atoms with Crippen LogP contribution < -0.4 is 10.1 Å². The van der Waals surface area contributed by atoms with Gasteiger partial charge >= 0.3 is 5.97 Å². The average molecular weight is 311 g/mol. The summed E-state index contributed by atoms with van der Waals surface area (Å²) in [5.41, 5.74) is 0. The highest BCUT2D eigenvalue weighted by Gasteiger charge is 2.20. The standard InChI is InChI=1S/C15H21NO4S/c1-4-20-12-5-7-13(8-6-12)21-9-14(17)16-11(3)10(2)15(18)19/h5-8,10-11H,4,9H2,1-3H3,(H,16,17)(H,18,19). The number of amides is 1. The van der Waals surface area contributed by atoms with E-state index in [1.54, 1.807) is 13.8 Å². The molecule has 0 spiro atoms. The summed E-state index contributed by atoms with van der Waals surface area (Å²) in [6.07, 6.45) is 0. The number of aliphatic carboxylic acids is 1. The zero-order chi connectivity index (χ0) is 15.8. The molecule has 0 aliphatic carbocycles. The Morgan fingerprint density at radius 1 is 1.29 bits per heavy atom. The van der Waals surface area contributed by atoms with Crippen molar-refractivity contribution < 1.29 is 19.4 Å². The van der Waals surface area contributed by atoms with Crippen molar-refractivity contribution in [2.75, 3.05) is 12.4 Å². The van der Waals surface area contributed by atoms with Crippen molar-refractivity contribution in [3.63, 3.8) is 0 Å². The molecule has 2 N–H and O–H groups in total. The fourth-order valence-electron chi connectivity index (χ4n) is 1.58. The van der Waals surface area contributed by atoms with E-state index in [1.165, 1.54) is 11.8 Å². The van der Waals surface area contributed by atoms with Crippen LogP contribution in [0.4, 0.5) is 0 Å². The number of thioether (sulfide) groups is 1. The maximum Gasteiger partial charge on any atom is 0.308 e. The van der Waals surface area contributed by atoms with Gasteiger partial charge in [0.1, 0.15) is 5.75 Å². The van der Waals surface area contributed by atoms with Crippen LogP contribution in [0.5, 0.6) is 5.75 Å². The van der Waals surface area contributed by atoms with Gasteiger partial charge in [0, 0.05) is 10.9 Å². The molecule has 1 aromatic rings. The number of benzene rings is 1. The Morgan fingerprint density at radius 3 is 2.43 bits per heavy atom. The van der Waals surface area contributed by atoms with Crippen LogP contribution in [0.2, 0.25) is 0 Å². The van der Waals surface area contributed by atoms with Crippen LogP contribution in [-0.2, 0) is 9.59 Å². The van der Waals surface area contributed by atoms with Gasteiger partial charge in [0.15, 0.2) is 0 Å². The van der Waals surface area contributed by atoms with Crippen molar-refractivity contribution in [2.45, 2.75) is 31.7 Å². The van der Waals surface area contributed by atoms with Crippen molar-refractivity contribution >= 4 is 23.6 Å². The van der Waals surface area contributed by atoms with Gasteiger partial charge in [0.2, 0.25) is 5.91 Å². The number of nitrogens with one attached hydrogen (secondary N) is 1. The first kappa shape index (κ1) is 17.4. The number of carbonyl (C=O) groups excluding carboxylic acids is 1. The molecule has 2 unspecified atom stereocenters. The van der Waals surface area contributed by atoms with Crippen molar-refractivity contribution in [1.82, 2.24) is 5.32 Å². The van der Waals surface area contributed by atoms with E-state index < -0.39 is 17.9 Å². The van der Waals surface area contributed by atoms with E-state index in [0.29, 0.717) is 6.61 Å². The number of hydrogen-bond donors (Lipinski definition) is 2. The van der Waals surface area contributed by atoms with E-state index in [2.05, 4.69) is 5.32 Å². The molecule has 0 heterocycles. The normalized spacial score (nSPS) is 13.3. The van der Waals surface area contributed by atoms with Crippen LogP contribution in [0.3, 0.4) is 0 Å². The van der Waals surface area contributed by atoms with Gasteiger partial charge in [-0.3, -0.25) is 9.59 Å². The Labute approximate surface area is 129 Å². The molecule has 0 saturated heterocycles. The van der Waals surface area contributed by atoms with Crippen LogP contribution in [0.25, 0.3) is 0 Å². The fraction of sp³-hybridized carbons (Fsp3) is 0.467. The van der Waals surface area contributed by atoms with E-state index in [-0.39, 0.29) is 11.7 Å². The molecule has 0 aliphatic rings. The first-order valence-electron chi connectivity index (χ1n) is 6.81. The first-order chi connectivity index (χ1) is 9.93. The van der Waals surface area contributed by atoms with Gasteiger partial charge in [0.25, 0.3) is 0 Å². The molecular weight excluding hydrogens is 290 g/mol. The lowest BCUT2D eigenvalue weighted by atomic mass is 10.0. The summed E-state index contributed by atoms with van der Waals surface area (Å²) in [7, 11) is 0. The Morgan fingerprint density at radius 2 is 1.90 bits per heavy atom. The van der Waals surface area contributed by atoms with Gasteiger partial charge in [-0.05, 0) is 45.0 Å². The molecule has 116 valence electrons. The van der Waals surface area contributed by atoms with E-state index in [9.17, 15) is 9.59 Å². The number of carbonyl (C=O) groups is 2. The van der Waals surface area contributed by atoms with Crippen LogP contribution >= 0.6 is 11.8 Å². The Bertz CT molecular complexity index is 475. The molecule has 0 bridgehead atoms. The van der Waals surface area contributed by atoms with E-state index >= 15 is 0 Å². The molecule has 5 nitrogen and oxygen atoms in total. The minimum absolute atomic E-state index is 0.172. The molecule has 0 aromatic heterocycles. The third-order valence-corrected chi connectivity index (χ3v) is 4.04. The highest BCUT2D eigenvalue weighted by Crippen LogP contribution is 2.21. The maximum atomic E-state index is 11.8. The zero-order valence-corrected chi connectivity index (χ0v) is 13.3. The highest BCUT2D eigenvalue weighted by atomic mass is 32.2. The van der Waals surface area contributed by atoms with E-state index in [1.807, 2.05) is 31.2 Å². The van der Waals surface area contributed by atoms with Crippen LogP contribution in [0.15, 0.2) is 29.2 Å². The van der Waals surface area contributed by atoms with Gasteiger partial charge in [-0.25, -0.2) is 0 Å². The van der Waals surface area contributed by atoms with Crippen molar-refractivity contribution in [2.24, 2.45) is 5.92 Å². The largest absolute Gasteiger partial charge is 0.494 e. The first-order valence-corrected chi connectivity index (χ1v) is 7.80. The number of ether oxygens (including phenoxy) is 1. The topological polar surface area (TPSA) is 75.6 Å². The van der Waals surface area contributed by atoms with Gasteiger partial charge in [-0.1, -0.05) is 0 Å². The van der Waals surface area contributed by atoms with Crippen molar-refractivity contribution in [3.05, 3.63) is 24.3 Å². The summed E-state index contributed by atoms with van der Waals surface area (Å²) >= 11 is 1.40. The monoisotopic (exact) mass is 311 g/mol. The summed E-state index contributed by atoms with van der Waals surface area (Å²) in [6, 6.07) is 7.12. The van der Waals surface area contributed by atoms with Crippen molar-refractivity contribution in [3.8, 4) is 5.75 Å². The Balaban J connectivity index is 2.40. The van der Waals surface area contributed by atoms with Gasteiger partial charge in [-0.2, -0.15) is 0 Å². The van der Waals surface area contributed by atoms with Gasteiger partial charge in [0.05, 0.1) is 18.3 Å². The van der Waals surface area contributed by atoms with Crippen LogP contribution in [0, 0.1) is 5.92 Å². The van der Waals surface area contributed by atoms with Crippen LogP contribution in [-0.4, -0.2) is 35.4 Å². The summed E-state index contributed by atoms with van der Waals surface area (Å²) in [6.45, 7) is 5.81. The van der Waals surface area contributed by atoms with Crippen molar-refractivity contribution in [1.29, 1.82) is 0 Å². The molecule has 1 aromatic carbocycles. The molecule has 21 heavy (non-hydrogen) atoms. The molecule has 2 atom stereocenters. The molecule has 0 saturated carbocycles. The quantitative estimate of drug-likeness (QED) is 0.721. The smallest absolute Gasteiger partial charge is 0.308 e. The predicted octanol–water partition coefficient (Wildman–Crippen LogP) is 2.40. The fourth-order valence-corrected chi connectivity index (χ4v) is 2.29. The SMILES string of the molecule is CCOc1ccc(SCC(=O)NC(C)C(C)C(=O)O)cc1. The van der Waals surface area contributed by atoms with Gasteiger partial charge in [-0.15, -0.1) is 11.8 Å². The summed E-state index contributed by atoms with van der Waals surface area (Å²) in [5.74, 6) is -0.638. The molecular formula is C15H21NO4S. The van der Waals surface area contributed by atoms with E-state index in [0.717, 1.165) is 10.6 Å². The molecule has 0 radical (unpaired) electrons. The number of carboxylic acid groups (broad SMARTS) is 1. The predicted molar refractivity (Wildman–Crippen MR) is 82.7 cm³/mol. The average Bonchev–Trinajstić information content (AvgIpc) is 2.45. The summed E-state index contributed by atoms with van der Waals surface area (Å²) in [5, 5.41) is 11.6. The number of rotatable bonds is 8. The second-order valence-corrected chi connectivity index (χ2v) is 5.72. The lowest BCUT2D eigenvalue weighted by molar-refractivity contribution is -0.142. The molecule has 6 heteroatoms. The Hall–Kier alpha value is -1.69. The molecule has 0 fully saturated rings. The number of carboxylic acids is 1. The molecule has 1 rings (SSSR count). The summed E-state index contributed by atoms with van der Waals surface area (Å²) in [4.78, 5) is 23.6. The molecule has 0 aliphatic heterocycles. The lowest BCUT2D eigenvalue weighted by Crippen LogP contribution is -2.40. The summed E-state index contributed by atoms with van der Waals surface area (Å²) < 4.78 is 5.34. The number of hydrogen-bond acceptors (Lipinski definition) is 4. The Kier molecular flexibility index (Phi) is 7.08. The van der Waals surface area contributed by atoms with Gasteiger partial charge < -0.3 is 15.2 Å². The minimum atomic E-state index is -0.915. The zero-order valence-electron chi connectivity index (χ0n) is 12.5. The molecule has 1 amide bonds. The van der Waals surface area contributed by atoms with E-state index in [4.69, 9.17) is 9.84 Å². The van der Waals surface area contributed by atoms with Crippen LogP contribution in [0.1, 0.15) is 20.8 Å². The second-order valence-electron chi connectivity index (χ2n) is 4.68. The maximum absolute atomic E-state index is 11.8. The highest BCUT2D eigenvalue weighted by molar-refractivity contribution is 8.00. The second kappa shape index (κ2) is 8.56.